The van der Waals surface area contributed by atoms with Gasteiger partial charge >= 0.3 is 0 Å². The number of aliphatic hydroxyl groups is 1. The first kappa shape index (κ1) is 16.3. The Morgan fingerprint density at radius 3 is 2.21 bits per heavy atom. The molecule has 2 N–H and O–H groups in total. The van der Waals surface area contributed by atoms with E-state index in [1.165, 1.54) is 0 Å². The zero-order chi connectivity index (χ0) is 14.4. The number of amides is 1. The lowest BCUT2D eigenvalue weighted by Gasteiger charge is -2.17. The van der Waals surface area contributed by atoms with Crippen LogP contribution in [0.1, 0.15) is 44.8 Å². The van der Waals surface area contributed by atoms with Crippen molar-refractivity contribution in [2.75, 3.05) is 0 Å². The first-order chi connectivity index (χ1) is 8.96. The SMILES string of the molecule is CCC(CC)NC(=O)CC(O)c1cc(Cl)cc(Cl)c1. The summed E-state index contributed by atoms with van der Waals surface area (Å²) in [6, 6.07) is 4.97. The molecule has 0 aromatic heterocycles. The average Bonchev–Trinajstić information content (AvgIpc) is 2.34. The lowest BCUT2D eigenvalue weighted by molar-refractivity contribution is -0.123. The number of hydrogen-bond donors (Lipinski definition) is 2. The second-order valence-electron chi connectivity index (χ2n) is 4.50. The van der Waals surface area contributed by atoms with Gasteiger partial charge in [0, 0.05) is 16.1 Å². The summed E-state index contributed by atoms with van der Waals surface area (Å²) in [5.41, 5.74) is 0.553. The van der Waals surface area contributed by atoms with Gasteiger partial charge in [0.15, 0.2) is 0 Å². The smallest absolute Gasteiger partial charge is 0.223 e. The standard InChI is InChI=1S/C14H19Cl2NO2/c1-3-12(4-2)17-14(19)8-13(18)9-5-10(15)7-11(16)6-9/h5-7,12-13,18H,3-4,8H2,1-2H3,(H,17,19). The Morgan fingerprint density at radius 2 is 1.74 bits per heavy atom. The van der Waals surface area contributed by atoms with Crippen molar-refractivity contribution in [1.82, 2.24) is 5.32 Å². The van der Waals surface area contributed by atoms with Crippen LogP contribution in [0.25, 0.3) is 0 Å². The molecular weight excluding hydrogens is 285 g/mol. The van der Waals surface area contributed by atoms with Gasteiger partial charge in [0.2, 0.25) is 5.91 Å². The highest BCUT2D eigenvalue weighted by Gasteiger charge is 2.16. The van der Waals surface area contributed by atoms with E-state index in [4.69, 9.17) is 23.2 Å². The van der Waals surface area contributed by atoms with Crippen LogP contribution in [0.3, 0.4) is 0 Å². The Morgan fingerprint density at radius 1 is 1.21 bits per heavy atom. The first-order valence-corrected chi connectivity index (χ1v) is 7.15. The number of rotatable bonds is 6. The van der Waals surface area contributed by atoms with Gasteiger partial charge in [-0.2, -0.15) is 0 Å². The highest BCUT2D eigenvalue weighted by atomic mass is 35.5. The van der Waals surface area contributed by atoms with E-state index in [2.05, 4.69) is 5.32 Å². The summed E-state index contributed by atoms with van der Waals surface area (Å²) in [4.78, 5) is 11.8. The molecule has 1 amide bonds. The molecule has 19 heavy (non-hydrogen) atoms. The Hall–Kier alpha value is -0.770. The van der Waals surface area contributed by atoms with Gasteiger partial charge in [-0.3, -0.25) is 4.79 Å². The molecular formula is C14H19Cl2NO2. The van der Waals surface area contributed by atoms with Crippen LogP contribution in [0.5, 0.6) is 0 Å². The van der Waals surface area contributed by atoms with Crippen LogP contribution in [0.4, 0.5) is 0 Å². The fraction of sp³-hybridized carbons (Fsp3) is 0.500. The highest BCUT2D eigenvalue weighted by Crippen LogP contribution is 2.25. The van der Waals surface area contributed by atoms with E-state index >= 15 is 0 Å². The molecule has 1 rings (SSSR count). The maximum Gasteiger partial charge on any atom is 0.223 e. The van der Waals surface area contributed by atoms with Crippen LogP contribution in [0, 0.1) is 0 Å². The Balaban J connectivity index is 2.63. The molecule has 0 aliphatic rings. The highest BCUT2D eigenvalue weighted by molar-refractivity contribution is 6.34. The second kappa shape index (κ2) is 7.73. The molecule has 0 heterocycles. The Bertz CT molecular complexity index is 413. The summed E-state index contributed by atoms with van der Waals surface area (Å²) in [6.45, 7) is 4.03. The molecule has 0 aliphatic heterocycles. The number of carbonyl (C=O) groups excluding carboxylic acids is 1. The van der Waals surface area contributed by atoms with Crippen molar-refractivity contribution in [3.63, 3.8) is 0 Å². The van der Waals surface area contributed by atoms with Crippen molar-refractivity contribution in [2.24, 2.45) is 0 Å². The van der Waals surface area contributed by atoms with Gasteiger partial charge in [-0.15, -0.1) is 0 Å². The van der Waals surface area contributed by atoms with E-state index in [0.717, 1.165) is 12.8 Å². The summed E-state index contributed by atoms with van der Waals surface area (Å²) in [5.74, 6) is -0.169. The predicted molar refractivity (Wildman–Crippen MR) is 78.6 cm³/mol. The zero-order valence-electron chi connectivity index (χ0n) is 11.1. The van der Waals surface area contributed by atoms with Crippen LogP contribution >= 0.6 is 23.2 Å². The third kappa shape index (κ3) is 5.39. The summed E-state index contributed by atoms with van der Waals surface area (Å²) in [7, 11) is 0. The maximum absolute atomic E-state index is 11.8. The van der Waals surface area contributed by atoms with Gasteiger partial charge in [0.25, 0.3) is 0 Å². The van der Waals surface area contributed by atoms with Crippen molar-refractivity contribution in [3.8, 4) is 0 Å². The maximum atomic E-state index is 11.8. The fourth-order valence-electron chi connectivity index (χ4n) is 1.84. The first-order valence-electron chi connectivity index (χ1n) is 6.39. The molecule has 0 radical (unpaired) electrons. The van der Waals surface area contributed by atoms with Gasteiger partial charge in [0.1, 0.15) is 0 Å². The number of halogens is 2. The van der Waals surface area contributed by atoms with Gasteiger partial charge in [-0.1, -0.05) is 37.0 Å². The topological polar surface area (TPSA) is 49.3 Å². The van der Waals surface area contributed by atoms with Crippen LogP contribution in [0.2, 0.25) is 10.0 Å². The minimum Gasteiger partial charge on any atom is -0.388 e. The van der Waals surface area contributed by atoms with E-state index in [0.29, 0.717) is 15.6 Å². The van der Waals surface area contributed by atoms with Crippen LogP contribution in [-0.2, 0) is 4.79 Å². The molecule has 0 saturated carbocycles. The molecule has 106 valence electrons. The fourth-order valence-corrected chi connectivity index (χ4v) is 2.38. The lowest BCUT2D eigenvalue weighted by atomic mass is 10.1. The monoisotopic (exact) mass is 303 g/mol. The molecule has 0 bridgehead atoms. The van der Waals surface area contributed by atoms with E-state index in [-0.39, 0.29) is 18.4 Å². The van der Waals surface area contributed by atoms with Crippen molar-refractivity contribution in [1.29, 1.82) is 0 Å². The molecule has 3 nitrogen and oxygen atoms in total. The average molecular weight is 304 g/mol. The molecule has 0 spiro atoms. The van der Waals surface area contributed by atoms with Gasteiger partial charge < -0.3 is 10.4 Å². The summed E-state index contributed by atoms with van der Waals surface area (Å²) in [5, 5.41) is 13.8. The van der Waals surface area contributed by atoms with Gasteiger partial charge in [-0.05, 0) is 36.6 Å². The third-order valence-corrected chi connectivity index (χ3v) is 3.44. The van der Waals surface area contributed by atoms with Crippen LogP contribution in [0.15, 0.2) is 18.2 Å². The Labute approximate surface area is 123 Å². The number of aliphatic hydroxyl groups excluding tert-OH is 1. The van der Waals surface area contributed by atoms with Crippen molar-refractivity contribution in [2.45, 2.75) is 45.3 Å². The molecule has 0 saturated heterocycles. The predicted octanol–water partition coefficient (Wildman–Crippen LogP) is 3.72. The van der Waals surface area contributed by atoms with Crippen molar-refractivity contribution < 1.29 is 9.90 Å². The van der Waals surface area contributed by atoms with Crippen molar-refractivity contribution >= 4 is 29.1 Å². The molecule has 0 fully saturated rings. The van der Waals surface area contributed by atoms with Crippen LogP contribution < -0.4 is 5.32 Å². The summed E-state index contributed by atoms with van der Waals surface area (Å²) in [6.07, 6.45) is 0.862. The molecule has 1 atom stereocenters. The van der Waals surface area contributed by atoms with E-state index in [1.807, 2.05) is 13.8 Å². The zero-order valence-corrected chi connectivity index (χ0v) is 12.6. The Kier molecular flexibility index (Phi) is 6.63. The molecule has 1 aromatic carbocycles. The van der Waals surface area contributed by atoms with Crippen LogP contribution in [-0.4, -0.2) is 17.1 Å². The summed E-state index contributed by atoms with van der Waals surface area (Å²) >= 11 is 11.7. The van der Waals surface area contributed by atoms with E-state index in [9.17, 15) is 9.90 Å². The van der Waals surface area contributed by atoms with E-state index < -0.39 is 6.10 Å². The molecule has 5 heteroatoms. The molecule has 1 unspecified atom stereocenters. The molecule has 1 aromatic rings. The largest absolute Gasteiger partial charge is 0.388 e. The number of benzene rings is 1. The minimum atomic E-state index is -0.898. The minimum absolute atomic E-state index is 0.00711. The number of hydrogen-bond acceptors (Lipinski definition) is 2. The van der Waals surface area contributed by atoms with Gasteiger partial charge in [-0.25, -0.2) is 0 Å². The van der Waals surface area contributed by atoms with Gasteiger partial charge in [0.05, 0.1) is 12.5 Å². The second-order valence-corrected chi connectivity index (χ2v) is 5.38. The summed E-state index contributed by atoms with van der Waals surface area (Å²) < 4.78 is 0. The lowest BCUT2D eigenvalue weighted by Crippen LogP contribution is -2.34. The quantitative estimate of drug-likeness (QED) is 0.841. The number of nitrogens with one attached hydrogen (secondary N) is 1. The molecule has 0 aliphatic carbocycles. The normalized spacial score (nSPS) is 12.5. The van der Waals surface area contributed by atoms with E-state index in [1.54, 1.807) is 18.2 Å². The third-order valence-electron chi connectivity index (χ3n) is 3.00. The number of carbonyl (C=O) groups is 1. The van der Waals surface area contributed by atoms with Crippen molar-refractivity contribution in [3.05, 3.63) is 33.8 Å².